The van der Waals surface area contributed by atoms with Crippen LogP contribution in [-0.4, -0.2) is 39.2 Å². The first-order valence-corrected chi connectivity index (χ1v) is 10.5. The summed E-state index contributed by atoms with van der Waals surface area (Å²) in [6.45, 7) is 4.39. The number of aryl methyl sites for hydroxylation is 2. The lowest BCUT2D eigenvalue weighted by Crippen LogP contribution is -2.37. The fourth-order valence-corrected chi connectivity index (χ4v) is 4.50. The van der Waals surface area contributed by atoms with E-state index in [1.807, 2.05) is 0 Å². The van der Waals surface area contributed by atoms with Gasteiger partial charge in [0, 0.05) is 50.8 Å². The van der Waals surface area contributed by atoms with E-state index < -0.39 is 24.3 Å². The zero-order chi connectivity index (χ0) is 25.1. The Morgan fingerprint density at radius 3 is 2.97 bits per heavy atom. The van der Waals surface area contributed by atoms with E-state index in [1.165, 1.54) is 4.57 Å². The minimum atomic E-state index is -1.58. The quantitative estimate of drug-likeness (QED) is 0.652. The summed E-state index contributed by atoms with van der Waals surface area (Å²) in [5.41, 5.74) is 1.49. The van der Waals surface area contributed by atoms with Gasteiger partial charge < -0.3 is 9.42 Å². The second-order valence-electron chi connectivity index (χ2n) is 8.06. The second-order valence-corrected chi connectivity index (χ2v) is 8.06. The monoisotopic (exact) mass is 415 g/mol. The minimum Gasteiger partial charge on any atom is -0.356 e. The fraction of sp³-hybridized carbons (Fsp3) is 0.522. The van der Waals surface area contributed by atoms with Crippen molar-refractivity contribution in [3.8, 4) is 0 Å². The molecule has 0 bridgehead atoms. The second kappa shape index (κ2) is 7.95. The molecule has 0 radical (unpaired) electrons. The highest BCUT2D eigenvalue weighted by Crippen LogP contribution is 2.32. The molecule has 5 rings (SSSR count). The summed E-state index contributed by atoms with van der Waals surface area (Å²) in [6.07, 6.45) is 1.37. The van der Waals surface area contributed by atoms with Gasteiger partial charge in [0.1, 0.15) is 11.6 Å². The Balaban J connectivity index is 1.29. The summed E-state index contributed by atoms with van der Waals surface area (Å²) in [5, 5.41) is 4.30. The van der Waals surface area contributed by atoms with Crippen molar-refractivity contribution in [2.45, 2.75) is 57.9 Å². The highest BCUT2D eigenvalue weighted by molar-refractivity contribution is 5.79. The highest BCUT2D eigenvalue weighted by Gasteiger charge is 2.25. The van der Waals surface area contributed by atoms with Crippen LogP contribution in [0.15, 0.2) is 27.4 Å². The van der Waals surface area contributed by atoms with Crippen LogP contribution in [0, 0.1) is 12.7 Å². The average Bonchev–Trinajstić information content (AvgIpc) is 3.27. The van der Waals surface area contributed by atoms with E-state index in [0.29, 0.717) is 49.3 Å². The molecule has 4 heterocycles. The predicted molar refractivity (Wildman–Crippen MR) is 112 cm³/mol. The number of hydrogen-bond acceptors (Lipinski definition) is 5. The van der Waals surface area contributed by atoms with E-state index in [1.54, 1.807) is 6.92 Å². The normalized spacial score (nSPS) is 22.1. The van der Waals surface area contributed by atoms with Gasteiger partial charge in [-0.2, -0.15) is 0 Å². The molecule has 0 N–H and O–H groups in total. The van der Waals surface area contributed by atoms with E-state index in [-0.39, 0.29) is 34.3 Å². The third-order valence-electron chi connectivity index (χ3n) is 6.20. The molecular formula is C23H27FN4O2. The van der Waals surface area contributed by atoms with Crippen molar-refractivity contribution in [2.24, 2.45) is 0 Å². The maximum absolute atomic E-state index is 14.0. The van der Waals surface area contributed by atoms with Crippen molar-refractivity contribution in [3.63, 3.8) is 0 Å². The molecular weight excluding hydrogens is 383 g/mol. The van der Waals surface area contributed by atoms with Gasteiger partial charge in [-0.15, -0.1) is 0 Å². The van der Waals surface area contributed by atoms with E-state index in [4.69, 9.17) is 11.4 Å². The van der Waals surface area contributed by atoms with Gasteiger partial charge in [0.2, 0.25) is 0 Å². The zero-order valence-electron chi connectivity index (χ0n) is 21.9. The summed E-state index contributed by atoms with van der Waals surface area (Å²) < 4.78 is 60.9. The van der Waals surface area contributed by atoms with Crippen molar-refractivity contribution >= 4 is 11.0 Å². The number of fused-ring (bicyclic) bond motifs is 2. The first-order chi connectivity index (χ1) is 16.6. The standard InChI is InChI=1S/C23H27FN4O2/c1-15-18(23(29)28-10-3-2-4-21(28)25-15)9-13-27-11-7-16(8-12-27)22-19-6-5-17(24)14-20(19)30-26-22/h5-6,14,16H,2-4,7-13H2,1H3/i4D2,5D,6D,14D. The lowest BCUT2D eigenvalue weighted by Gasteiger charge is -2.31. The average molecular weight is 416 g/mol. The highest BCUT2D eigenvalue weighted by atomic mass is 19.1. The number of benzene rings is 1. The number of rotatable bonds is 4. The Labute approximate surface area is 181 Å². The molecule has 7 heteroatoms. The van der Waals surface area contributed by atoms with Crippen LogP contribution in [0.2, 0.25) is 0 Å². The van der Waals surface area contributed by atoms with Gasteiger partial charge in [0.15, 0.2) is 5.58 Å². The van der Waals surface area contributed by atoms with E-state index >= 15 is 0 Å². The summed E-state index contributed by atoms with van der Waals surface area (Å²) in [7, 11) is 0. The third-order valence-corrected chi connectivity index (χ3v) is 6.20. The number of piperidine rings is 1. The summed E-state index contributed by atoms with van der Waals surface area (Å²) in [5.74, 6) is -0.865. The molecule has 0 unspecified atom stereocenters. The molecule has 0 amide bonds. The van der Waals surface area contributed by atoms with Crippen LogP contribution in [-0.2, 0) is 19.3 Å². The Kier molecular flexibility index (Phi) is 3.83. The van der Waals surface area contributed by atoms with Crippen LogP contribution >= 0.6 is 0 Å². The third kappa shape index (κ3) is 3.55. The topological polar surface area (TPSA) is 64.2 Å². The first kappa shape index (κ1) is 14.5. The van der Waals surface area contributed by atoms with Gasteiger partial charge >= 0.3 is 0 Å². The van der Waals surface area contributed by atoms with E-state index in [2.05, 4.69) is 15.0 Å². The van der Waals surface area contributed by atoms with Gasteiger partial charge in [-0.25, -0.2) is 9.37 Å². The smallest absolute Gasteiger partial charge is 0.256 e. The van der Waals surface area contributed by atoms with Gasteiger partial charge in [0.25, 0.3) is 5.56 Å². The Hall–Kier alpha value is -2.54. The molecule has 6 nitrogen and oxygen atoms in total. The molecule has 30 heavy (non-hydrogen) atoms. The Morgan fingerprint density at radius 1 is 1.30 bits per heavy atom. The molecule has 1 fully saturated rings. The van der Waals surface area contributed by atoms with Crippen molar-refractivity contribution in [1.82, 2.24) is 19.6 Å². The molecule has 1 aromatic carbocycles. The SMILES string of the molecule is [2H]c1c(F)c([2H])c2onc(C3CCN(CCc4c(C)nc5n(c4=O)CCCC5([2H])[2H])CC3)c2c1[2H]. The van der Waals surface area contributed by atoms with E-state index in [9.17, 15) is 9.18 Å². The summed E-state index contributed by atoms with van der Waals surface area (Å²) in [4.78, 5) is 19.8. The number of aromatic nitrogens is 3. The van der Waals surface area contributed by atoms with Crippen molar-refractivity contribution in [3.05, 3.63) is 57.1 Å². The van der Waals surface area contributed by atoms with Crippen molar-refractivity contribution < 1.29 is 15.8 Å². The number of hydrogen-bond donors (Lipinski definition) is 0. The number of nitrogens with zero attached hydrogens (tertiary/aromatic N) is 4. The lowest BCUT2D eigenvalue weighted by molar-refractivity contribution is 0.211. The molecule has 0 spiro atoms. The van der Waals surface area contributed by atoms with Crippen molar-refractivity contribution in [1.29, 1.82) is 0 Å². The minimum absolute atomic E-state index is 0.0270. The zero-order valence-corrected chi connectivity index (χ0v) is 16.9. The van der Waals surface area contributed by atoms with Crippen LogP contribution in [0.25, 0.3) is 11.0 Å². The molecule has 1 saturated heterocycles. The maximum Gasteiger partial charge on any atom is 0.256 e. The van der Waals surface area contributed by atoms with Gasteiger partial charge in [-0.3, -0.25) is 9.36 Å². The molecule has 0 aliphatic carbocycles. The fourth-order valence-electron chi connectivity index (χ4n) is 4.50. The van der Waals surface area contributed by atoms with Gasteiger partial charge in [-0.1, -0.05) is 5.16 Å². The predicted octanol–water partition coefficient (Wildman–Crippen LogP) is 3.59. The van der Waals surface area contributed by atoms with Crippen LogP contribution in [0.5, 0.6) is 0 Å². The molecule has 2 aliphatic rings. The largest absolute Gasteiger partial charge is 0.356 e. The number of halogens is 1. The molecule has 0 atom stereocenters. The van der Waals surface area contributed by atoms with Crippen LogP contribution in [0.4, 0.5) is 4.39 Å². The summed E-state index contributed by atoms with van der Waals surface area (Å²) in [6, 6.07) is -1.45. The molecule has 0 saturated carbocycles. The van der Waals surface area contributed by atoms with Crippen LogP contribution < -0.4 is 5.56 Å². The van der Waals surface area contributed by atoms with Crippen molar-refractivity contribution in [2.75, 3.05) is 19.6 Å². The van der Waals surface area contributed by atoms with E-state index in [0.717, 1.165) is 25.9 Å². The number of likely N-dealkylation sites (tertiary alicyclic amines) is 1. The Morgan fingerprint density at radius 2 is 2.13 bits per heavy atom. The summed E-state index contributed by atoms with van der Waals surface area (Å²) >= 11 is 0. The molecule has 3 aromatic rings. The molecule has 158 valence electrons. The van der Waals surface area contributed by atoms with Gasteiger partial charge in [-0.05, 0) is 64.2 Å². The Bertz CT molecular complexity index is 1360. The lowest BCUT2D eigenvalue weighted by atomic mass is 9.91. The molecule has 2 aliphatic heterocycles. The molecule has 2 aromatic heterocycles. The van der Waals surface area contributed by atoms with Gasteiger partial charge in [0.05, 0.1) is 9.81 Å². The maximum atomic E-state index is 14.0. The van der Waals surface area contributed by atoms with Crippen LogP contribution in [0.1, 0.15) is 61.2 Å². The first-order valence-electron chi connectivity index (χ1n) is 13.0. The van der Waals surface area contributed by atoms with Crippen LogP contribution in [0.3, 0.4) is 0 Å².